The van der Waals surface area contributed by atoms with Gasteiger partial charge in [0.05, 0.1) is 17.6 Å². The van der Waals surface area contributed by atoms with Gasteiger partial charge < -0.3 is 14.5 Å². The van der Waals surface area contributed by atoms with Gasteiger partial charge in [0.15, 0.2) is 0 Å². The third kappa shape index (κ3) is 4.82. The van der Waals surface area contributed by atoms with Crippen LogP contribution in [0.4, 0.5) is 11.4 Å². The number of piperidine rings is 1. The summed E-state index contributed by atoms with van der Waals surface area (Å²) in [4.78, 5) is 29.6. The lowest BCUT2D eigenvalue weighted by molar-refractivity contribution is -0.384. The van der Waals surface area contributed by atoms with Crippen LogP contribution in [0.3, 0.4) is 0 Å². The SMILES string of the molecule is O=C(C1CCN(c2ccccc2[N+](=O)[O-])CC1)N(Cc1cccs1)CC1CCCO1. The lowest BCUT2D eigenvalue weighted by Gasteiger charge is -2.35. The second-order valence-corrected chi connectivity index (χ2v) is 8.97. The Morgan fingerprint density at radius 3 is 2.67 bits per heavy atom. The number of anilines is 1. The van der Waals surface area contributed by atoms with Crippen molar-refractivity contribution in [3.63, 3.8) is 0 Å². The molecule has 2 aliphatic rings. The van der Waals surface area contributed by atoms with Crippen molar-refractivity contribution < 1.29 is 14.5 Å². The van der Waals surface area contributed by atoms with Crippen LogP contribution >= 0.6 is 11.3 Å². The molecular weight excluding hydrogens is 402 g/mol. The van der Waals surface area contributed by atoms with E-state index in [0.29, 0.717) is 44.7 Å². The average Bonchev–Trinajstić information content (AvgIpc) is 3.47. The second kappa shape index (κ2) is 9.57. The van der Waals surface area contributed by atoms with Gasteiger partial charge in [0.1, 0.15) is 5.69 Å². The maximum absolute atomic E-state index is 13.4. The number of amides is 1. The molecule has 2 fully saturated rings. The molecule has 2 aliphatic heterocycles. The van der Waals surface area contributed by atoms with Crippen molar-refractivity contribution in [1.29, 1.82) is 0 Å². The normalized spacial score (nSPS) is 19.7. The molecule has 2 aromatic rings. The molecule has 30 heavy (non-hydrogen) atoms. The number of carbonyl (C=O) groups excluding carboxylic acids is 1. The van der Waals surface area contributed by atoms with Crippen LogP contribution in [-0.4, -0.2) is 48.1 Å². The summed E-state index contributed by atoms with van der Waals surface area (Å²) in [5.41, 5.74) is 0.767. The van der Waals surface area contributed by atoms with Gasteiger partial charge in [-0.1, -0.05) is 18.2 Å². The maximum atomic E-state index is 13.4. The van der Waals surface area contributed by atoms with Gasteiger partial charge in [-0.25, -0.2) is 0 Å². The van der Waals surface area contributed by atoms with Crippen LogP contribution in [0.1, 0.15) is 30.6 Å². The highest BCUT2D eigenvalue weighted by Crippen LogP contribution is 2.32. The van der Waals surface area contributed by atoms with Gasteiger partial charge in [0.25, 0.3) is 5.69 Å². The van der Waals surface area contributed by atoms with Gasteiger partial charge in [-0.2, -0.15) is 0 Å². The van der Waals surface area contributed by atoms with E-state index in [1.54, 1.807) is 23.5 Å². The zero-order chi connectivity index (χ0) is 20.9. The summed E-state index contributed by atoms with van der Waals surface area (Å²) < 4.78 is 5.79. The van der Waals surface area contributed by atoms with E-state index < -0.39 is 0 Å². The number of ether oxygens (including phenoxy) is 1. The first-order valence-electron chi connectivity index (χ1n) is 10.5. The van der Waals surface area contributed by atoms with Crippen LogP contribution in [0, 0.1) is 16.0 Å². The molecule has 0 N–H and O–H groups in total. The van der Waals surface area contributed by atoms with Gasteiger partial charge in [-0.3, -0.25) is 14.9 Å². The lowest BCUT2D eigenvalue weighted by atomic mass is 9.94. The van der Waals surface area contributed by atoms with Crippen molar-refractivity contribution in [3.05, 3.63) is 56.8 Å². The third-order valence-corrected chi connectivity index (χ3v) is 6.81. The smallest absolute Gasteiger partial charge is 0.292 e. The summed E-state index contributed by atoms with van der Waals surface area (Å²) in [6, 6.07) is 10.9. The van der Waals surface area contributed by atoms with Crippen LogP contribution < -0.4 is 4.90 Å². The van der Waals surface area contributed by atoms with E-state index in [9.17, 15) is 14.9 Å². The summed E-state index contributed by atoms with van der Waals surface area (Å²) >= 11 is 1.67. The molecular formula is C22H27N3O4S. The van der Waals surface area contributed by atoms with Crippen molar-refractivity contribution >= 4 is 28.6 Å². The molecule has 1 amide bonds. The molecule has 4 rings (SSSR count). The Kier molecular flexibility index (Phi) is 6.64. The summed E-state index contributed by atoms with van der Waals surface area (Å²) in [5, 5.41) is 13.4. The molecule has 1 atom stereocenters. The van der Waals surface area contributed by atoms with E-state index >= 15 is 0 Å². The Morgan fingerprint density at radius 2 is 2.00 bits per heavy atom. The minimum absolute atomic E-state index is 0.0506. The summed E-state index contributed by atoms with van der Waals surface area (Å²) in [6.07, 6.45) is 3.60. The highest BCUT2D eigenvalue weighted by atomic mass is 32.1. The van der Waals surface area contributed by atoms with E-state index in [1.807, 2.05) is 27.3 Å². The first kappa shape index (κ1) is 20.8. The van der Waals surface area contributed by atoms with Gasteiger partial charge in [-0.15, -0.1) is 11.3 Å². The van der Waals surface area contributed by atoms with Crippen molar-refractivity contribution in [2.24, 2.45) is 5.92 Å². The molecule has 7 nitrogen and oxygen atoms in total. The Labute approximate surface area is 180 Å². The van der Waals surface area contributed by atoms with Gasteiger partial charge >= 0.3 is 0 Å². The van der Waals surface area contributed by atoms with E-state index in [0.717, 1.165) is 19.4 Å². The van der Waals surface area contributed by atoms with E-state index in [1.165, 1.54) is 10.9 Å². The second-order valence-electron chi connectivity index (χ2n) is 7.94. The van der Waals surface area contributed by atoms with Gasteiger partial charge in [0.2, 0.25) is 5.91 Å². The highest BCUT2D eigenvalue weighted by Gasteiger charge is 2.32. The number of thiophene rings is 1. The summed E-state index contributed by atoms with van der Waals surface area (Å²) in [5.74, 6) is 0.131. The van der Waals surface area contributed by atoms with E-state index in [4.69, 9.17) is 4.74 Å². The van der Waals surface area contributed by atoms with Crippen LogP contribution in [0.15, 0.2) is 41.8 Å². The quantitative estimate of drug-likeness (QED) is 0.490. The van der Waals surface area contributed by atoms with Crippen molar-refractivity contribution in [1.82, 2.24) is 4.90 Å². The molecule has 3 heterocycles. The zero-order valence-corrected chi connectivity index (χ0v) is 17.8. The number of hydrogen-bond donors (Lipinski definition) is 0. The molecule has 1 aromatic heterocycles. The Hall–Kier alpha value is -2.45. The fourth-order valence-corrected chi connectivity index (χ4v) is 5.09. The standard InChI is InChI=1S/C22H27N3O4S/c26-22(24(15-18-5-3-13-29-18)16-19-6-4-14-30-19)17-9-11-23(12-10-17)20-7-1-2-8-21(20)25(27)28/h1-2,4,6-8,14,17-18H,3,5,9-13,15-16H2. The van der Waals surface area contributed by atoms with Crippen LogP contribution in [0.2, 0.25) is 0 Å². The van der Waals surface area contributed by atoms with E-state index in [-0.39, 0.29) is 28.5 Å². The predicted octanol–water partition coefficient (Wildman–Crippen LogP) is 4.08. The fraction of sp³-hybridized carbons (Fsp3) is 0.500. The number of hydrogen-bond acceptors (Lipinski definition) is 6. The number of nitrogens with zero attached hydrogens (tertiary/aromatic N) is 3. The maximum Gasteiger partial charge on any atom is 0.292 e. The molecule has 0 aliphatic carbocycles. The fourth-order valence-electron chi connectivity index (χ4n) is 4.37. The molecule has 1 aromatic carbocycles. The largest absolute Gasteiger partial charge is 0.376 e. The minimum atomic E-state index is -0.336. The average molecular weight is 430 g/mol. The van der Waals surface area contributed by atoms with Crippen molar-refractivity contribution in [2.75, 3.05) is 31.1 Å². The summed E-state index contributed by atoms with van der Waals surface area (Å²) in [7, 11) is 0. The third-order valence-electron chi connectivity index (χ3n) is 5.95. The Morgan fingerprint density at radius 1 is 1.20 bits per heavy atom. The molecule has 0 spiro atoms. The molecule has 8 heteroatoms. The zero-order valence-electron chi connectivity index (χ0n) is 16.9. The molecule has 0 saturated carbocycles. The number of nitro groups is 1. The summed E-state index contributed by atoms with van der Waals surface area (Å²) in [6.45, 7) is 3.34. The topological polar surface area (TPSA) is 75.9 Å². The minimum Gasteiger partial charge on any atom is -0.376 e. The molecule has 0 bridgehead atoms. The predicted molar refractivity (Wildman–Crippen MR) is 117 cm³/mol. The number of rotatable bonds is 7. The van der Waals surface area contributed by atoms with Gasteiger partial charge in [-0.05, 0) is 43.2 Å². The number of para-hydroxylation sites is 2. The van der Waals surface area contributed by atoms with Crippen molar-refractivity contribution in [3.8, 4) is 0 Å². The van der Waals surface area contributed by atoms with Crippen LogP contribution in [-0.2, 0) is 16.1 Å². The first-order chi connectivity index (χ1) is 14.6. The number of nitro benzene ring substituents is 1. The van der Waals surface area contributed by atoms with E-state index in [2.05, 4.69) is 6.07 Å². The van der Waals surface area contributed by atoms with Crippen LogP contribution in [0.25, 0.3) is 0 Å². The molecule has 1 unspecified atom stereocenters. The lowest BCUT2D eigenvalue weighted by Crippen LogP contribution is -2.44. The molecule has 2 saturated heterocycles. The highest BCUT2D eigenvalue weighted by molar-refractivity contribution is 7.09. The number of benzene rings is 1. The van der Waals surface area contributed by atoms with Crippen LogP contribution in [0.5, 0.6) is 0 Å². The monoisotopic (exact) mass is 429 g/mol. The first-order valence-corrected chi connectivity index (χ1v) is 11.4. The Bertz CT molecular complexity index is 859. The molecule has 0 radical (unpaired) electrons. The van der Waals surface area contributed by atoms with Crippen molar-refractivity contribution in [2.45, 2.75) is 38.3 Å². The van der Waals surface area contributed by atoms with Gasteiger partial charge in [0, 0.05) is 43.1 Å². The molecule has 160 valence electrons. The number of carbonyl (C=O) groups is 1. The Balaban J connectivity index is 1.41.